The average Bonchev–Trinajstić information content (AvgIpc) is 2.96. The van der Waals surface area contributed by atoms with Gasteiger partial charge in [0.1, 0.15) is 5.75 Å². The molecule has 0 radical (unpaired) electrons. The molecule has 0 saturated carbocycles. The van der Waals surface area contributed by atoms with Crippen LogP contribution in [0.15, 0.2) is 45.4 Å². The topological polar surface area (TPSA) is 55.8 Å². The lowest BCUT2D eigenvalue weighted by molar-refractivity contribution is 0.104. The van der Waals surface area contributed by atoms with E-state index in [1.54, 1.807) is 30.3 Å². The highest BCUT2D eigenvalue weighted by Gasteiger charge is 2.14. The SMILES string of the molecule is O=C(/C=C/c1ccc2c(c1)OCO2)c1cc(Br)cc(Br)c1O. The van der Waals surface area contributed by atoms with Gasteiger partial charge in [-0.25, -0.2) is 0 Å². The molecule has 1 aliphatic rings. The molecule has 2 aromatic carbocycles. The van der Waals surface area contributed by atoms with Crippen molar-refractivity contribution in [2.45, 2.75) is 0 Å². The van der Waals surface area contributed by atoms with Crippen LogP contribution in [0.2, 0.25) is 0 Å². The van der Waals surface area contributed by atoms with E-state index < -0.39 is 0 Å². The molecule has 2 aromatic rings. The third kappa shape index (κ3) is 3.03. The van der Waals surface area contributed by atoms with Crippen LogP contribution >= 0.6 is 31.9 Å². The first-order valence-electron chi connectivity index (χ1n) is 6.34. The van der Waals surface area contributed by atoms with E-state index >= 15 is 0 Å². The number of phenolic OH excluding ortho intramolecular Hbond substituents is 1. The van der Waals surface area contributed by atoms with Crippen molar-refractivity contribution < 1.29 is 19.4 Å². The molecule has 1 aliphatic heterocycles. The van der Waals surface area contributed by atoms with Crippen LogP contribution in [0.4, 0.5) is 0 Å². The van der Waals surface area contributed by atoms with Crippen molar-refractivity contribution in [3.63, 3.8) is 0 Å². The number of fused-ring (bicyclic) bond motifs is 1. The molecule has 0 bridgehead atoms. The number of phenols is 1. The van der Waals surface area contributed by atoms with E-state index in [0.717, 1.165) is 5.56 Å². The fraction of sp³-hybridized carbons (Fsp3) is 0.0625. The van der Waals surface area contributed by atoms with Gasteiger partial charge in [-0.2, -0.15) is 0 Å². The molecule has 0 fully saturated rings. The van der Waals surface area contributed by atoms with Gasteiger partial charge in [0.05, 0.1) is 10.0 Å². The quantitative estimate of drug-likeness (QED) is 0.579. The Morgan fingerprint density at radius 2 is 1.91 bits per heavy atom. The summed E-state index contributed by atoms with van der Waals surface area (Å²) in [6.45, 7) is 0.210. The molecule has 0 spiro atoms. The van der Waals surface area contributed by atoms with Gasteiger partial charge in [-0.1, -0.05) is 28.1 Å². The lowest BCUT2D eigenvalue weighted by Gasteiger charge is -2.04. The number of benzene rings is 2. The monoisotopic (exact) mass is 424 g/mol. The van der Waals surface area contributed by atoms with E-state index in [2.05, 4.69) is 31.9 Å². The molecule has 0 aromatic heterocycles. The molecule has 22 heavy (non-hydrogen) atoms. The van der Waals surface area contributed by atoms with E-state index in [9.17, 15) is 9.90 Å². The molecule has 0 atom stereocenters. The highest BCUT2D eigenvalue weighted by atomic mass is 79.9. The fourth-order valence-corrected chi connectivity index (χ4v) is 3.26. The summed E-state index contributed by atoms with van der Waals surface area (Å²) in [7, 11) is 0. The second-order valence-corrected chi connectivity index (χ2v) is 6.36. The van der Waals surface area contributed by atoms with E-state index in [-0.39, 0.29) is 23.9 Å². The van der Waals surface area contributed by atoms with Crippen molar-refractivity contribution >= 4 is 43.7 Å². The van der Waals surface area contributed by atoms with Crippen LogP contribution in [0.5, 0.6) is 17.2 Å². The number of hydrogen-bond donors (Lipinski definition) is 1. The number of halogens is 2. The molecule has 1 N–H and O–H groups in total. The number of ketones is 1. The maximum Gasteiger partial charge on any atom is 0.231 e. The molecule has 3 rings (SSSR count). The van der Waals surface area contributed by atoms with Crippen LogP contribution in [0.25, 0.3) is 6.08 Å². The second-order valence-electron chi connectivity index (χ2n) is 4.59. The van der Waals surface area contributed by atoms with Gasteiger partial charge in [-0.15, -0.1) is 0 Å². The molecule has 1 heterocycles. The molecule has 6 heteroatoms. The van der Waals surface area contributed by atoms with E-state index in [0.29, 0.717) is 20.4 Å². The van der Waals surface area contributed by atoms with Crippen LogP contribution in [0.1, 0.15) is 15.9 Å². The number of ether oxygens (including phenoxy) is 2. The number of allylic oxidation sites excluding steroid dienone is 1. The number of rotatable bonds is 3. The smallest absolute Gasteiger partial charge is 0.231 e. The third-order valence-corrected chi connectivity index (χ3v) is 4.18. The molecule has 0 amide bonds. The highest BCUT2D eigenvalue weighted by Crippen LogP contribution is 2.34. The van der Waals surface area contributed by atoms with Gasteiger partial charge in [0, 0.05) is 4.47 Å². The van der Waals surface area contributed by atoms with Crippen molar-refractivity contribution in [1.82, 2.24) is 0 Å². The minimum absolute atomic E-state index is 0.0801. The van der Waals surface area contributed by atoms with E-state index in [1.165, 1.54) is 6.08 Å². The van der Waals surface area contributed by atoms with Gasteiger partial charge >= 0.3 is 0 Å². The zero-order valence-corrected chi connectivity index (χ0v) is 14.3. The van der Waals surface area contributed by atoms with Crippen molar-refractivity contribution in [2.75, 3.05) is 6.79 Å². The number of carbonyl (C=O) groups is 1. The van der Waals surface area contributed by atoms with E-state index in [4.69, 9.17) is 9.47 Å². The molecule has 4 nitrogen and oxygen atoms in total. The lowest BCUT2D eigenvalue weighted by Crippen LogP contribution is -1.95. The van der Waals surface area contributed by atoms with Crippen LogP contribution in [-0.2, 0) is 0 Å². The van der Waals surface area contributed by atoms with Crippen LogP contribution in [-0.4, -0.2) is 17.7 Å². The van der Waals surface area contributed by atoms with Gasteiger partial charge in [-0.3, -0.25) is 4.79 Å². The lowest BCUT2D eigenvalue weighted by atomic mass is 10.1. The van der Waals surface area contributed by atoms with E-state index in [1.807, 2.05) is 6.07 Å². The summed E-state index contributed by atoms with van der Waals surface area (Å²) in [4.78, 5) is 12.2. The van der Waals surface area contributed by atoms with Gasteiger partial charge in [0.2, 0.25) is 6.79 Å². The Kier molecular flexibility index (Phi) is 4.22. The zero-order chi connectivity index (χ0) is 15.7. The Morgan fingerprint density at radius 1 is 1.14 bits per heavy atom. The normalized spacial score (nSPS) is 12.8. The zero-order valence-electron chi connectivity index (χ0n) is 11.2. The Bertz CT molecular complexity index is 784. The maximum atomic E-state index is 12.2. The standard InChI is InChI=1S/C16H10Br2O4/c17-10-6-11(16(20)12(18)7-10)13(19)3-1-9-2-4-14-15(5-9)22-8-21-14/h1-7,20H,8H2/b3-1+. The van der Waals surface area contributed by atoms with Crippen molar-refractivity contribution in [3.05, 3.63) is 56.5 Å². The van der Waals surface area contributed by atoms with Gasteiger partial charge in [0.15, 0.2) is 17.3 Å². The molecule has 112 valence electrons. The predicted octanol–water partition coefficient (Wildman–Crippen LogP) is 4.54. The summed E-state index contributed by atoms with van der Waals surface area (Å²) in [5.41, 5.74) is 1.03. The summed E-state index contributed by atoms with van der Waals surface area (Å²) in [5, 5.41) is 9.96. The molecular weight excluding hydrogens is 416 g/mol. The van der Waals surface area contributed by atoms with Gasteiger partial charge in [0.25, 0.3) is 0 Å². The molecule has 0 saturated heterocycles. The highest BCUT2D eigenvalue weighted by molar-refractivity contribution is 9.11. The first-order valence-corrected chi connectivity index (χ1v) is 7.93. The van der Waals surface area contributed by atoms with Crippen LogP contribution in [0.3, 0.4) is 0 Å². The molecule has 0 aliphatic carbocycles. The Morgan fingerprint density at radius 3 is 2.73 bits per heavy atom. The first-order chi connectivity index (χ1) is 10.5. The Hall–Kier alpha value is -1.79. The maximum absolute atomic E-state index is 12.2. The fourth-order valence-electron chi connectivity index (χ4n) is 2.03. The molecular formula is C16H10Br2O4. The summed E-state index contributed by atoms with van der Waals surface area (Å²) in [6.07, 6.45) is 3.07. The Labute approximate surface area is 143 Å². The van der Waals surface area contributed by atoms with Gasteiger partial charge in [-0.05, 0) is 51.8 Å². The van der Waals surface area contributed by atoms with Gasteiger partial charge < -0.3 is 14.6 Å². The van der Waals surface area contributed by atoms with Crippen LogP contribution in [0, 0.1) is 0 Å². The summed E-state index contributed by atoms with van der Waals surface area (Å²) in [6, 6.07) is 8.66. The third-order valence-electron chi connectivity index (χ3n) is 3.12. The number of carbonyl (C=O) groups excluding carboxylic acids is 1. The Balaban J connectivity index is 1.85. The average molecular weight is 426 g/mol. The summed E-state index contributed by atoms with van der Waals surface area (Å²) < 4.78 is 11.7. The first kappa shape index (κ1) is 15.1. The summed E-state index contributed by atoms with van der Waals surface area (Å²) in [5.74, 6) is 0.973. The number of aromatic hydroxyl groups is 1. The number of hydrogen-bond acceptors (Lipinski definition) is 4. The van der Waals surface area contributed by atoms with Crippen LogP contribution < -0.4 is 9.47 Å². The van der Waals surface area contributed by atoms with Crippen molar-refractivity contribution in [3.8, 4) is 17.2 Å². The summed E-state index contributed by atoms with van der Waals surface area (Å²) >= 11 is 6.51. The van der Waals surface area contributed by atoms with Crippen molar-refractivity contribution in [2.24, 2.45) is 0 Å². The predicted molar refractivity (Wildman–Crippen MR) is 89.4 cm³/mol. The minimum Gasteiger partial charge on any atom is -0.506 e. The molecule has 0 unspecified atom stereocenters. The van der Waals surface area contributed by atoms with Crippen molar-refractivity contribution in [1.29, 1.82) is 0 Å². The minimum atomic E-state index is -0.294. The largest absolute Gasteiger partial charge is 0.506 e. The second kappa shape index (κ2) is 6.14.